The number of nitrogens with zero attached hydrogens (tertiary/aromatic N) is 4. The minimum atomic E-state index is -0.426. The Kier molecular flexibility index (Phi) is 8.42. The summed E-state index contributed by atoms with van der Waals surface area (Å²) in [6.07, 6.45) is 6.56. The highest BCUT2D eigenvalue weighted by molar-refractivity contribution is 6.32. The van der Waals surface area contributed by atoms with Gasteiger partial charge in [-0.15, -0.1) is 0 Å². The summed E-state index contributed by atoms with van der Waals surface area (Å²) in [7, 11) is 2.11. The van der Waals surface area contributed by atoms with Gasteiger partial charge in [-0.25, -0.2) is 14.4 Å². The molecular weight excluding hydrogens is 529 g/mol. The molecular formula is C30H37ClFN7O. The summed E-state index contributed by atoms with van der Waals surface area (Å²) in [4.78, 5) is 25.3. The van der Waals surface area contributed by atoms with Crippen molar-refractivity contribution in [1.29, 1.82) is 0 Å². The second-order valence-electron chi connectivity index (χ2n) is 11.0. The van der Waals surface area contributed by atoms with E-state index < -0.39 is 5.82 Å². The van der Waals surface area contributed by atoms with Crippen molar-refractivity contribution >= 4 is 46.1 Å². The number of likely N-dealkylation sites (N-methyl/N-ethyl adjacent to an activating group) is 1. The maximum Gasteiger partial charge on any atom is 0.227 e. The summed E-state index contributed by atoms with van der Waals surface area (Å²) in [5.41, 5.74) is 9.10. The fourth-order valence-electron chi connectivity index (χ4n) is 5.71. The fraction of sp³-hybridized carbons (Fsp3) is 0.433. The third-order valence-corrected chi connectivity index (χ3v) is 8.64. The van der Waals surface area contributed by atoms with Gasteiger partial charge in [0, 0.05) is 42.3 Å². The number of aromatic nitrogens is 2. The Hall–Kier alpha value is -3.43. The lowest BCUT2D eigenvalue weighted by atomic mass is 9.88. The van der Waals surface area contributed by atoms with E-state index in [-0.39, 0.29) is 46.3 Å². The Morgan fingerprint density at radius 1 is 1.02 bits per heavy atom. The SMILES string of the molecule is C[C@@H]1CN(c2ccc(-c3ccc(NC(=O)C4CCCCC4)cc3)c(F)c2Nc2ncnc(Cl)c2N)C[C@H](C)N1C. The zero-order valence-electron chi connectivity index (χ0n) is 23.3. The number of amides is 1. The van der Waals surface area contributed by atoms with Crippen LogP contribution in [0.1, 0.15) is 46.0 Å². The van der Waals surface area contributed by atoms with Gasteiger partial charge in [0.1, 0.15) is 17.7 Å². The highest BCUT2D eigenvalue weighted by atomic mass is 35.5. The molecule has 1 amide bonds. The second kappa shape index (κ2) is 12.0. The number of halogens is 2. The van der Waals surface area contributed by atoms with Gasteiger partial charge in [0.15, 0.2) is 16.8 Å². The quantitative estimate of drug-likeness (QED) is 0.301. The third kappa shape index (κ3) is 5.86. The zero-order valence-corrected chi connectivity index (χ0v) is 24.0. The number of nitrogens with two attached hydrogens (primary N) is 1. The molecule has 1 aromatic heterocycles. The van der Waals surface area contributed by atoms with Crippen LogP contribution in [0.5, 0.6) is 0 Å². The molecule has 2 heterocycles. The number of anilines is 5. The van der Waals surface area contributed by atoms with E-state index in [4.69, 9.17) is 17.3 Å². The first-order chi connectivity index (χ1) is 19.2. The number of rotatable bonds is 6. The smallest absolute Gasteiger partial charge is 0.227 e. The third-order valence-electron chi connectivity index (χ3n) is 8.34. The summed E-state index contributed by atoms with van der Waals surface area (Å²) in [5.74, 6) is -0.0563. The van der Waals surface area contributed by atoms with Crippen molar-refractivity contribution in [2.45, 2.75) is 58.0 Å². The molecule has 2 aliphatic rings. The summed E-state index contributed by atoms with van der Waals surface area (Å²) in [6, 6.07) is 11.6. The van der Waals surface area contributed by atoms with E-state index >= 15 is 4.39 Å². The van der Waals surface area contributed by atoms with Crippen LogP contribution < -0.4 is 21.3 Å². The monoisotopic (exact) mass is 565 g/mol. The van der Waals surface area contributed by atoms with Crippen molar-refractivity contribution in [3.05, 3.63) is 53.7 Å². The van der Waals surface area contributed by atoms with E-state index in [1.165, 1.54) is 12.7 Å². The number of hydrogen-bond acceptors (Lipinski definition) is 7. The van der Waals surface area contributed by atoms with E-state index in [0.29, 0.717) is 16.8 Å². The molecule has 1 saturated heterocycles. The van der Waals surface area contributed by atoms with Gasteiger partial charge in [-0.2, -0.15) is 0 Å². The molecule has 40 heavy (non-hydrogen) atoms. The highest BCUT2D eigenvalue weighted by Crippen LogP contribution is 2.40. The van der Waals surface area contributed by atoms with Gasteiger partial charge in [0.2, 0.25) is 5.91 Å². The molecule has 1 aliphatic carbocycles. The number of piperazine rings is 1. The molecule has 10 heteroatoms. The van der Waals surface area contributed by atoms with Crippen molar-refractivity contribution in [1.82, 2.24) is 14.9 Å². The van der Waals surface area contributed by atoms with Crippen LogP contribution in [0.25, 0.3) is 11.1 Å². The van der Waals surface area contributed by atoms with E-state index in [0.717, 1.165) is 44.5 Å². The summed E-state index contributed by atoms with van der Waals surface area (Å²) in [5, 5.41) is 6.25. The average molecular weight is 566 g/mol. The lowest BCUT2D eigenvalue weighted by Gasteiger charge is -2.44. The molecule has 1 saturated carbocycles. The molecule has 2 atom stereocenters. The van der Waals surface area contributed by atoms with Crippen molar-refractivity contribution in [2.24, 2.45) is 5.92 Å². The van der Waals surface area contributed by atoms with Crippen molar-refractivity contribution in [3.8, 4) is 11.1 Å². The van der Waals surface area contributed by atoms with Gasteiger partial charge < -0.3 is 21.3 Å². The largest absolute Gasteiger partial charge is 0.393 e. The Morgan fingerprint density at radius 3 is 2.38 bits per heavy atom. The van der Waals surface area contributed by atoms with Gasteiger partial charge in [0.25, 0.3) is 0 Å². The molecule has 2 fully saturated rings. The number of nitrogen functional groups attached to an aromatic ring is 1. The average Bonchev–Trinajstić information content (AvgIpc) is 2.96. The van der Waals surface area contributed by atoms with Crippen LogP contribution in [0.3, 0.4) is 0 Å². The molecule has 8 nitrogen and oxygen atoms in total. The molecule has 212 valence electrons. The molecule has 1 aliphatic heterocycles. The van der Waals surface area contributed by atoms with Crippen LogP contribution in [0.4, 0.5) is 33.0 Å². The Balaban J connectivity index is 1.46. The normalized spacial score (nSPS) is 20.4. The van der Waals surface area contributed by atoms with Crippen LogP contribution in [0, 0.1) is 11.7 Å². The van der Waals surface area contributed by atoms with Gasteiger partial charge in [-0.1, -0.05) is 43.0 Å². The number of carbonyl (C=O) groups excluding carboxylic acids is 1. The fourth-order valence-corrected chi connectivity index (χ4v) is 5.84. The lowest BCUT2D eigenvalue weighted by molar-refractivity contribution is -0.120. The van der Waals surface area contributed by atoms with Crippen LogP contribution in [-0.4, -0.2) is 53.0 Å². The Morgan fingerprint density at radius 2 is 1.70 bits per heavy atom. The molecule has 0 radical (unpaired) electrons. The highest BCUT2D eigenvalue weighted by Gasteiger charge is 2.30. The Labute approximate surface area is 240 Å². The number of hydrogen-bond donors (Lipinski definition) is 3. The van der Waals surface area contributed by atoms with Crippen molar-refractivity contribution in [3.63, 3.8) is 0 Å². The van der Waals surface area contributed by atoms with E-state index in [1.54, 1.807) is 6.07 Å². The van der Waals surface area contributed by atoms with Crippen molar-refractivity contribution in [2.75, 3.05) is 41.4 Å². The standard InChI is InChI=1S/C30H37ClFN7O/c1-18-15-39(16-19(2)38(18)3)24-14-13-23(25(32)27(24)37-29-26(33)28(31)34-17-35-29)20-9-11-22(12-10-20)36-30(40)21-7-5-4-6-8-21/h9-14,17-19,21H,4-8,15-16,33H2,1-3H3,(H,36,40)(H,34,35,37)/t18-,19+. The predicted molar refractivity (Wildman–Crippen MR) is 161 cm³/mol. The molecule has 0 spiro atoms. The first kappa shape index (κ1) is 28.1. The molecule has 4 N–H and O–H groups in total. The lowest BCUT2D eigenvalue weighted by Crippen LogP contribution is -2.55. The first-order valence-corrected chi connectivity index (χ1v) is 14.3. The predicted octanol–water partition coefficient (Wildman–Crippen LogP) is 6.31. The van der Waals surface area contributed by atoms with Crippen LogP contribution >= 0.6 is 11.6 Å². The van der Waals surface area contributed by atoms with Gasteiger partial charge in [-0.05, 0) is 63.6 Å². The number of benzene rings is 2. The van der Waals surface area contributed by atoms with Crippen molar-refractivity contribution < 1.29 is 9.18 Å². The molecule has 5 rings (SSSR count). The summed E-state index contributed by atoms with van der Waals surface area (Å²) in [6.45, 7) is 5.81. The minimum absolute atomic E-state index is 0.0613. The molecule has 3 aromatic rings. The number of carbonyl (C=O) groups is 1. The van der Waals surface area contributed by atoms with E-state index in [1.807, 2.05) is 30.3 Å². The van der Waals surface area contributed by atoms with Crippen LogP contribution in [0.2, 0.25) is 5.15 Å². The van der Waals surface area contributed by atoms with E-state index in [9.17, 15) is 4.79 Å². The summed E-state index contributed by atoms with van der Waals surface area (Å²) >= 11 is 6.13. The topological polar surface area (TPSA) is 99.4 Å². The maximum absolute atomic E-state index is 16.4. The first-order valence-electron chi connectivity index (χ1n) is 14.0. The minimum Gasteiger partial charge on any atom is -0.393 e. The maximum atomic E-state index is 16.4. The van der Waals surface area contributed by atoms with E-state index in [2.05, 4.69) is 51.3 Å². The molecule has 0 bridgehead atoms. The molecule has 2 aromatic carbocycles. The van der Waals surface area contributed by atoms with Crippen LogP contribution in [-0.2, 0) is 4.79 Å². The zero-order chi connectivity index (χ0) is 28.4. The second-order valence-corrected chi connectivity index (χ2v) is 11.4. The summed E-state index contributed by atoms with van der Waals surface area (Å²) < 4.78 is 16.4. The number of nitrogens with one attached hydrogen (secondary N) is 2. The van der Waals surface area contributed by atoms with Gasteiger partial charge >= 0.3 is 0 Å². The van der Waals surface area contributed by atoms with Gasteiger partial charge in [-0.3, -0.25) is 9.69 Å². The van der Waals surface area contributed by atoms with Crippen LogP contribution in [0.15, 0.2) is 42.7 Å². The Bertz CT molecular complexity index is 1350. The van der Waals surface area contributed by atoms with Gasteiger partial charge in [0.05, 0.1) is 5.69 Å². The molecule has 0 unspecified atom stereocenters.